The van der Waals surface area contributed by atoms with Crippen LogP contribution in [0.3, 0.4) is 0 Å². The molecule has 1 fully saturated rings. The van der Waals surface area contributed by atoms with Crippen molar-refractivity contribution in [2.75, 3.05) is 50.1 Å². The number of nitrogens with zero attached hydrogens (tertiary/aromatic N) is 6. The molecule has 6 heteroatoms. The van der Waals surface area contributed by atoms with Gasteiger partial charge in [-0.15, -0.1) is 0 Å². The van der Waals surface area contributed by atoms with Gasteiger partial charge < -0.3 is 9.80 Å². The predicted molar refractivity (Wildman–Crippen MR) is 114 cm³/mol. The van der Waals surface area contributed by atoms with Gasteiger partial charge in [0.15, 0.2) is 5.82 Å². The molecule has 1 aliphatic rings. The number of hydrogen-bond donors (Lipinski definition) is 0. The molecule has 1 aromatic carbocycles. The summed E-state index contributed by atoms with van der Waals surface area (Å²) >= 11 is 0. The van der Waals surface area contributed by atoms with E-state index in [0.29, 0.717) is 0 Å². The van der Waals surface area contributed by atoms with Crippen molar-refractivity contribution in [3.05, 3.63) is 66.5 Å². The quantitative estimate of drug-likeness (QED) is 0.684. The van der Waals surface area contributed by atoms with Crippen molar-refractivity contribution < 1.29 is 0 Å². The maximum Gasteiger partial charge on any atom is 0.161 e. The highest BCUT2D eigenvalue weighted by molar-refractivity contribution is 5.57. The number of pyridine rings is 1. The summed E-state index contributed by atoms with van der Waals surface area (Å²) in [5.41, 5.74) is 2.32. The summed E-state index contributed by atoms with van der Waals surface area (Å²) in [6.45, 7) is 4.86. The van der Waals surface area contributed by atoms with E-state index >= 15 is 0 Å². The van der Waals surface area contributed by atoms with Gasteiger partial charge in [-0.2, -0.15) is 0 Å². The van der Waals surface area contributed by atoms with Gasteiger partial charge in [-0.1, -0.05) is 36.4 Å². The minimum atomic E-state index is 0.784. The van der Waals surface area contributed by atoms with E-state index in [-0.39, 0.29) is 0 Å². The van der Waals surface area contributed by atoms with Crippen LogP contribution in [0.5, 0.6) is 0 Å². The highest BCUT2D eigenvalue weighted by atomic mass is 15.3. The minimum absolute atomic E-state index is 0.784. The van der Waals surface area contributed by atoms with Gasteiger partial charge in [0.2, 0.25) is 0 Å². The largest absolute Gasteiger partial charge is 0.362 e. The molecule has 0 aliphatic carbocycles. The molecule has 0 bridgehead atoms. The molecule has 28 heavy (non-hydrogen) atoms. The fraction of sp³-hybridized carbons (Fsp3) is 0.318. The number of piperazine rings is 1. The van der Waals surface area contributed by atoms with Gasteiger partial charge in [-0.25, -0.2) is 15.0 Å². The van der Waals surface area contributed by atoms with Gasteiger partial charge in [-0.05, 0) is 12.1 Å². The molecule has 0 spiro atoms. The molecule has 0 radical (unpaired) electrons. The standard InChI is InChI=1S/C22H26N6/c1-26(2)22-19(9-6-11-24-22)17-27-13-15-28(16-14-27)20-10-12-23-21(25-20)18-7-4-3-5-8-18/h3-12H,13-17H2,1-2H3. The van der Waals surface area contributed by atoms with Gasteiger partial charge in [0, 0.05) is 70.3 Å². The lowest BCUT2D eigenvalue weighted by Gasteiger charge is -2.35. The molecule has 4 rings (SSSR count). The minimum Gasteiger partial charge on any atom is -0.362 e. The van der Waals surface area contributed by atoms with Crippen LogP contribution in [0.4, 0.5) is 11.6 Å². The van der Waals surface area contributed by atoms with Crippen molar-refractivity contribution in [2.45, 2.75) is 6.54 Å². The van der Waals surface area contributed by atoms with Crippen LogP contribution >= 0.6 is 0 Å². The molecule has 0 unspecified atom stereocenters. The van der Waals surface area contributed by atoms with Crippen molar-refractivity contribution in [3.63, 3.8) is 0 Å². The van der Waals surface area contributed by atoms with Crippen LogP contribution in [-0.4, -0.2) is 60.1 Å². The number of hydrogen-bond acceptors (Lipinski definition) is 6. The van der Waals surface area contributed by atoms with Crippen molar-refractivity contribution in [2.24, 2.45) is 0 Å². The topological polar surface area (TPSA) is 48.4 Å². The zero-order valence-electron chi connectivity index (χ0n) is 16.5. The predicted octanol–water partition coefficient (Wildman–Crippen LogP) is 2.93. The van der Waals surface area contributed by atoms with Crippen molar-refractivity contribution in [1.82, 2.24) is 19.9 Å². The normalized spacial score (nSPS) is 14.9. The zero-order valence-corrected chi connectivity index (χ0v) is 16.5. The highest BCUT2D eigenvalue weighted by Crippen LogP contribution is 2.21. The van der Waals surface area contributed by atoms with Crippen LogP contribution in [0.1, 0.15) is 5.56 Å². The van der Waals surface area contributed by atoms with E-state index in [1.54, 1.807) is 0 Å². The van der Waals surface area contributed by atoms with Crippen LogP contribution in [-0.2, 0) is 6.54 Å². The molecule has 0 N–H and O–H groups in total. The van der Waals surface area contributed by atoms with E-state index in [4.69, 9.17) is 4.98 Å². The van der Waals surface area contributed by atoms with Crippen molar-refractivity contribution in [1.29, 1.82) is 0 Å². The molecular weight excluding hydrogens is 348 g/mol. The third-order valence-electron chi connectivity index (χ3n) is 5.05. The van der Waals surface area contributed by atoms with Crippen molar-refractivity contribution in [3.8, 4) is 11.4 Å². The lowest BCUT2D eigenvalue weighted by atomic mass is 10.2. The molecule has 1 aliphatic heterocycles. The summed E-state index contributed by atoms with van der Waals surface area (Å²) in [5.74, 6) is 2.84. The molecule has 1 saturated heterocycles. The molecule has 0 amide bonds. The average Bonchev–Trinajstić information content (AvgIpc) is 2.75. The van der Waals surface area contributed by atoms with Crippen LogP contribution in [0.2, 0.25) is 0 Å². The Morgan fingerprint density at radius 2 is 1.64 bits per heavy atom. The third-order valence-corrected chi connectivity index (χ3v) is 5.05. The van der Waals surface area contributed by atoms with E-state index in [0.717, 1.165) is 55.7 Å². The fourth-order valence-corrected chi connectivity index (χ4v) is 3.58. The lowest BCUT2D eigenvalue weighted by molar-refractivity contribution is 0.249. The SMILES string of the molecule is CN(C)c1ncccc1CN1CCN(c2ccnc(-c3ccccc3)n2)CC1. The van der Waals surface area contributed by atoms with Gasteiger partial charge >= 0.3 is 0 Å². The number of benzene rings is 1. The first-order valence-corrected chi connectivity index (χ1v) is 9.68. The molecule has 6 nitrogen and oxygen atoms in total. The van der Waals surface area contributed by atoms with Gasteiger partial charge in [0.05, 0.1) is 0 Å². The monoisotopic (exact) mass is 374 g/mol. The van der Waals surface area contributed by atoms with Crippen LogP contribution < -0.4 is 9.80 Å². The highest BCUT2D eigenvalue weighted by Gasteiger charge is 2.20. The van der Waals surface area contributed by atoms with Gasteiger partial charge in [-0.3, -0.25) is 4.90 Å². The second-order valence-corrected chi connectivity index (χ2v) is 7.25. The van der Waals surface area contributed by atoms with E-state index in [1.807, 2.05) is 69.0 Å². The summed E-state index contributed by atoms with van der Waals surface area (Å²) in [6.07, 6.45) is 3.71. The Kier molecular flexibility index (Phi) is 5.48. The Bertz CT molecular complexity index is 904. The average molecular weight is 374 g/mol. The summed E-state index contributed by atoms with van der Waals surface area (Å²) in [6, 6.07) is 16.3. The molecule has 3 heterocycles. The lowest BCUT2D eigenvalue weighted by Crippen LogP contribution is -2.46. The Labute approximate surface area is 166 Å². The zero-order chi connectivity index (χ0) is 19.3. The first-order chi connectivity index (χ1) is 13.7. The number of rotatable bonds is 5. The smallest absolute Gasteiger partial charge is 0.161 e. The summed E-state index contributed by atoms with van der Waals surface area (Å²) in [7, 11) is 4.09. The number of aromatic nitrogens is 3. The Morgan fingerprint density at radius 1 is 0.857 bits per heavy atom. The van der Waals surface area contributed by atoms with E-state index in [2.05, 4.69) is 30.7 Å². The second-order valence-electron chi connectivity index (χ2n) is 7.25. The molecule has 2 aromatic heterocycles. The number of anilines is 2. The molecule has 0 atom stereocenters. The summed E-state index contributed by atoms with van der Waals surface area (Å²) in [5, 5.41) is 0. The first-order valence-electron chi connectivity index (χ1n) is 9.68. The Balaban J connectivity index is 1.41. The van der Waals surface area contributed by atoms with Gasteiger partial charge in [0.25, 0.3) is 0 Å². The molecule has 3 aromatic rings. The molecule has 0 saturated carbocycles. The maximum atomic E-state index is 4.79. The Hall–Kier alpha value is -2.99. The molecular formula is C22H26N6. The van der Waals surface area contributed by atoms with E-state index < -0.39 is 0 Å². The summed E-state index contributed by atoms with van der Waals surface area (Å²) < 4.78 is 0. The maximum absolute atomic E-state index is 4.79. The summed E-state index contributed by atoms with van der Waals surface area (Å²) in [4.78, 5) is 20.7. The third kappa shape index (κ3) is 4.12. The molecule has 144 valence electrons. The van der Waals surface area contributed by atoms with E-state index in [9.17, 15) is 0 Å². The van der Waals surface area contributed by atoms with Crippen LogP contribution in [0.25, 0.3) is 11.4 Å². The van der Waals surface area contributed by atoms with Crippen molar-refractivity contribution >= 4 is 11.6 Å². The van der Waals surface area contributed by atoms with Crippen LogP contribution in [0, 0.1) is 0 Å². The van der Waals surface area contributed by atoms with E-state index in [1.165, 1.54) is 5.56 Å². The van der Waals surface area contributed by atoms with Crippen LogP contribution in [0.15, 0.2) is 60.9 Å². The first kappa shape index (κ1) is 18.4. The second kappa shape index (κ2) is 8.35. The fourth-order valence-electron chi connectivity index (χ4n) is 3.58. The Morgan fingerprint density at radius 3 is 2.39 bits per heavy atom. The van der Waals surface area contributed by atoms with Gasteiger partial charge in [0.1, 0.15) is 11.6 Å².